The van der Waals surface area contributed by atoms with Gasteiger partial charge in [0.25, 0.3) is 5.91 Å². The topological polar surface area (TPSA) is 163 Å². The van der Waals surface area contributed by atoms with Gasteiger partial charge >= 0.3 is 6.09 Å². The highest BCUT2D eigenvalue weighted by molar-refractivity contribution is 7.90. The molecule has 3 aliphatic rings. The Morgan fingerprint density at radius 2 is 1.53 bits per heavy atom. The molecular weight excluding hydrogens is 725 g/mol. The molecule has 1 unspecified atom stereocenters. The van der Waals surface area contributed by atoms with Crippen molar-refractivity contribution in [1.29, 1.82) is 0 Å². The predicted molar refractivity (Wildman–Crippen MR) is 203 cm³/mol. The molecule has 13 nitrogen and oxygen atoms in total. The fourth-order valence-corrected chi connectivity index (χ4v) is 7.90. The number of carbonyl (C=O) groups excluding carboxylic acids is 4. The van der Waals surface area contributed by atoms with Crippen LogP contribution in [0.15, 0.2) is 102 Å². The van der Waals surface area contributed by atoms with Gasteiger partial charge in [-0.1, -0.05) is 18.2 Å². The molecule has 2 fully saturated rings. The Balaban J connectivity index is 0.908. The molecule has 14 heteroatoms. The number of hydrogen-bond acceptors (Lipinski definition) is 10. The second-order valence-electron chi connectivity index (χ2n) is 13.8. The Hall–Kier alpha value is -6.41. The van der Waals surface area contributed by atoms with Crippen LogP contribution in [0.25, 0.3) is 21.9 Å². The number of phenolic OH excluding ortho intramolecular Hbond substituents is 1. The summed E-state index contributed by atoms with van der Waals surface area (Å²) in [5.41, 5.74) is 3.74. The molecule has 5 aromatic rings. The molecule has 0 bridgehead atoms. The van der Waals surface area contributed by atoms with Crippen LogP contribution in [-0.2, 0) is 26.0 Å². The van der Waals surface area contributed by atoms with Crippen LogP contribution in [0.1, 0.15) is 28.8 Å². The maximum atomic E-state index is 13.2. The van der Waals surface area contributed by atoms with E-state index in [0.717, 1.165) is 39.4 Å². The summed E-state index contributed by atoms with van der Waals surface area (Å²) in [4.78, 5) is 55.8. The summed E-state index contributed by atoms with van der Waals surface area (Å²) in [5, 5.41) is 13.9. The van der Waals surface area contributed by atoms with E-state index in [0.29, 0.717) is 62.0 Å². The Bertz CT molecular complexity index is 2480. The van der Waals surface area contributed by atoms with Gasteiger partial charge in [0.2, 0.25) is 11.8 Å². The SMILES string of the molecule is CS(=O)(=O)c1ccc(-c2ccc3cc(O)ccc3c2Oc2ccc(OC(=O)N3CCN(c4ccc5c(c4)CN(C4CCC(=O)NC4=O)C5=O)CC3)cc2)cc1. The van der Waals surface area contributed by atoms with Crippen LogP contribution in [0.3, 0.4) is 0 Å². The first-order valence-electron chi connectivity index (χ1n) is 17.7. The van der Waals surface area contributed by atoms with E-state index in [4.69, 9.17) is 9.47 Å². The van der Waals surface area contributed by atoms with Crippen molar-refractivity contribution in [2.24, 2.45) is 0 Å². The van der Waals surface area contributed by atoms with E-state index >= 15 is 0 Å². The number of rotatable bonds is 7. The van der Waals surface area contributed by atoms with Crippen molar-refractivity contribution in [2.45, 2.75) is 30.3 Å². The average molecular weight is 761 g/mol. The summed E-state index contributed by atoms with van der Waals surface area (Å²) in [6.45, 7) is 2.23. The first-order valence-corrected chi connectivity index (χ1v) is 19.6. The molecule has 0 radical (unpaired) electrons. The molecule has 3 heterocycles. The van der Waals surface area contributed by atoms with Crippen LogP contribution in [0, 0.1) is 0 Å². The minimum Gasteiger partial charge on any atom is -0.508 e. The van der Waals surface area contributed by atoms with Crippen molar-refractivity contribution in [2.75, 3.05) is 37.3 Å². The zero-order valence-corrected chi connectivity index (χ0v) is 30.5. The molecule has 0 aromatic heterocycles. The van der Waals surface area contributed by atoms with Gasteiger partial charge in [0.15, 0.2) is 9.84 Å². The molecular formula is C41H36N4O9S. The fourth-order valence-electron chi connectivity index (χ4n) is 7.27. The lowest BCUT2D eigenvalue weighted by atomic mass is 9.99. The smallest absolute Gasteiger partial charge is 0.415 e. The van der Waals surface area contributed by atoms with Crippen LogP contribution < -0.4 is 19.7 Å². The standard InChI is InChI=1S/C41H36N4O9S/c1-55(51,52)32-11-2-25(3-12-32)33-13-4-26-23-29(46)6-15-34(26)38(33)53-30-7-9-31(10-8-30)54-41(50)44-20-18-43(19-21-44)28-5-14-35-27(22-28)24-45(40(35)49)36-16-17-37(47)42-39(36)48/h2-15,22-23,36,46H,16-21,24H2,1H3,(H,42,47,48). The van der Waals surface area contributed by atoms with Crippen molar-refractivity contribution in [3.63, 3.8) is 0 Å². The van der Waals surface area contributed by atoms with E-state index in [-0.39, 0.29) is 28.9 Å². The van der Waals surface area contributed by atoms with Crippen LogP contribution >= 0.6 is 0 Å². The maximum Gasteiger partial charge on any atom is 0.415 e. The van der Waals surface area contributed by atoms with E-state index in [1.54, 1.807) is 77.7 Å². The number of amides is 4. The quantitative estimate of drug-likeness (QED) is 0.203. The number of benzene rings is 5. The van der Waals surface area contributed by atoms with Gasteiger partial charge in [-0.3, -0.25) is 19.7 Å². The fraction of sp³-hybridized carbons (Fsp3) is 0.220. The van der Waals surface area contributed by atoms with Crippen LogP contribution in [0.4, 0.5) is 10.5 Å². The lowest BCUT2D eigenvalue weighted by Crippen LogP contribution is -2.52. The summed E-state index contributed by atoms with van der Waals surface area (Å²) in [7, 11) is -3.37. The second-order valence-corrected chi connectivity index (χ2v) is 15.8. The van der Waals surface area contributed by atoms with Crippen molar-refractivity contribution in [3.8, 4) is 34.1 Å². The van der Waals surface area contributed by atoms with E-state index in [2.05, 4.69) is 10.2 Å². The average Bonchev–Trinajstić information content (AvgIpc) is 3.50. The van der Waals surface area contributed by atoms with Crippen LogP contribution in [0.5, 0.6) is 23.0 Å². The Morgan fingerprint density at radius 3 is 2.24 bits per heavy atom. The van der Waals surface area contributed by atoms with Gasteiger partial charge in [0.1, 0.15) is 29.0 Å². The number of piperidine rings is 1. The first kappa shape index (κ1) is 35.6. The molecule has 4 amide bonds. The summed E-state index contributed by atoms with van der Waals surface area (Å²) in [6.07, 6.45) is 1.17. The third-order valence-corrected chi connectivity index (χ3v) is 11.3. The molecule has 0 spiro atoms. The molecule has 55 heavy (non-hydrogen) atoms. The van der Waals surface area contributed by atoms with Gasteiger partial charge in [-0.05, 0) is 102 Å². The van der Waals surface area contributed by atoms with Gasteiger partial charge in [-0.25, -0.2) is 13.2 Å². The molecule has 2 saturated heterocycles. The van der Waals surface area contributed by atoms with Crippen molar-refractivity contribution >= 4 is 50.1 Å². The van der Waals surface area contributed by atoms with Crippen molar-refractivity contribution in [1.82, 2.24) is 15.1 Å². The summed E-state index contributed by atoms with van der Waals surface area (Å²) < 4.78 is 36.2. The molecule has 3 aliphatic heterocycles. The minimum absolute atomic E-state index is 0.109. The molecule has 8 rings (SSSR count). The lowest BCUT2D eigenvalue weighted by Gasteiger charge is -2.35. The number of ether oxygens (including phenoxy) is 2. The number of nitrogens with zero attached hydrogens (tertiary/aromatic N) is 3. The van der Waals surface area contributed by atoms with Gasteiger partial charge < -0.3 is 29.3 Å². The molecule has 1 atom stereocenters. The number of aromatic hydroxyl groups is 1. The molecule has 280 valence electrons. The van der Waals surface area contributed by atoms with Gasteiger partial charge in [-0.2, -0.15) is 0 Å². The Kier molecular flexibility index (Phi) is 9.13. The van der Waals surface area contributed by atoms with E-state index in [1.165, 1.54) is 4.90 Å². The zero-order valence-electron chi connectivity index (χ0n) is 29.7. The number of sulfone groups is 1. The Morgan fingerprint density at radius 1 is 0.818 bits per heavy atom. The van der Waals surface area contributed by atoms with Gasteiger partial charge in [0, 0.05) is 67.6 Å². The highest BCUT2D eigenvalue weighted by Crippen LogP contribution is 2.41. The van der Waals surface area contributed by atoms with Crippen molar-refractivity contribution in [3.05, 3.63) is 108 Å². The number of phenols is 1. The number of nitrogens with one attached hydrogen (secondary N) is 1. The van der Waals surface area contributed by atoms with E-state index < -0.39 is 27.9 Å². The number of hydrogen-bond donors (Lipinski definition) is 2. The van der Waals surface area contributed by atoms with Gasteiger partial charge in [0.05, 0.1) is 4.90 Å². The number of imide groups is 1. The summed E-state index contributed by atoms with van der Waals surface area (Å²) >= 11 is 0. The molecule has 2 N–H and O–H groups in total. The van der Waals surface area contributed by atoms with Crippen molar-refractivity contribution < 1.29 is 42.2 Å². The molecule has 0 saturated carbocycles. The van der Waals surface area contributed by atoms with E-state index in [9.17, 15) is 32.7 Å². The normalized spacial score (nSPS) is 17.3. The predicted octanol–water partition coefficient (Wildman–Crippen LogP) is 5.49. The van der Waals surface area contributed by atoms with Crippen LogP contribution in [-0.4, -0.2) is 85.6 Å². The monoisotopic (exact) mass is 760 g/mol. The molecule has 5 aromatic carbocycles. The number of fused-ring (bicyclic) bond motifs is 2. The number of anilines is 1. The third kappa shape index (κ3) is 7.15. The third-order valence-electron chi connectivity index (χ3n) is 10.2. The first-order chi connectivity index (χ1) is 26.4. The highest BCUT2D eigenvalue weighted by atomic mass is 32.2. The zero-order chi connectivity index (χ0) is 38.4. The number of piperazine rings is 1. The van der Waals surface area contributed by atoms with E-state index in [1.807, 2.05) is 24.3 Å². The van der Waals surface area contributed by atoms with Gasteiger partial charge in [-0.15, -0.1) is 0 Å². The second kappa shape index (κ2) is 14.1. The largest absolute Gasteiger partial charge is 0.508 e. The summed E-state index contributed by atoms with van der Waals surface area (Å²) in [6, 6.07) is 26.8. The van der Waals surface area contributed by atoms with Crippen LogP contribution in [0.2, 0.25) is 0 Å². The molecule has 0 aliphatic carbocycles. The lowest BCUT2D eigenvalue weighted by molar-refractivity contribution is -0.136. The summed E-state index contributed by atoms with van der Waals surface area (Å²) in [5.74, 6) is 0.434. The maximum absolute atomic E-state index is 13.2. The number of carbonyl (C=O) groups is 4. The minimum atomic E-state index is -3.37. The highest BCUT2D eigenvalue weighted by Gasteiger charge is 2.39. The Labute approximate surface area is 316 Å².